The van der Waals surface area contributed by atoms with E-state index in [2.05, 4.69) is 46.4 Å². The van der Waals surface area contributed by atoms with Crippen molar-refractivity contribution in [2.24, 2.45) is 4.99 Å². The molecule has 0 bridgehead atoms. The Morgan fingerprint density at radius 1 is 1.35 bits per heavy atom. The highest BCUT2D eigenvalue weighted by Crippen LogP contribution is 2.09. The van der Waals surface area contributed by atoms with Crippen LogP contribution in [-0.2, 0) is 6.54 Å². The highest BCUT2D eigenvalue weighted by molar-refractivity contribution is 8.13. The molecule has 0 aromatic heterocycles. The summed E-state index contributed by atoms with van der Waals surface area (Å²) in [5, 5.41) is 4.40. The topological polar surface area (TPSA) is 27.6 Å². The molecule has 0 amide bonds. The Morgan fingerprint density at radius 2 is 2.12 bits per heavy atom. The minimum Gasteiger partial charge on any atom is -0.352 e. The predicted molar refractivity (Wildman–Crippen MR) is 77.7 cm³/mol. The molecule has 0 radical (unpaired) electrons. The van der Waals surface area contributed by atoms with E-state index in [0.717, 1.165) is 30.8 Å². The number of rotatable bonds is 3. The fourth-order valence-electron chi connectivity index (χ4n) is 1.63. The molecule has 1 aliphatic heterocycles. The number of nitrogens with one attached hydrogen (secondary N) is 1. The lowest BCUT2D eigenvalue weighted by atomic mass is 10.2. The SMILES string of the molecule is CCSC1=NCN(Cc2ccccc2)CN1.Cl. The normalized spacial score (nSPS) is 15.7. The van der Waals surface area contributed by atoms with E-state index in [1.54, 1.807) is 11.8 Å². The van der Waals surface area contributed by atoms with Gasteiger partial charge in [0.05, 0.1) is 13.3 Å². The predicted octanol–water partition coefficient (Wildman–Crippen LogP) is 2.54. The smallest absolute Gasteiger partial charge is 0.158 e. The number of thioether (sulfide) groups is 1. The maximum atomic E-state index is 4.49. The van der Waals surface area contributed by atoms with Crippen molar-refractivity contribution in [3.63, 3.8) is 0 Å². The van der Waals surface area contributed by atoms with E-state index in [1.165, 1.54) is 5.56 Å². The van der Waals surface area contributed by atoms with Crippen molar-refractivity contribution >= 4 is 29.3 Å². The first-order chi connectivity index (χ1) is 7.88. The van der Waals surface area contributed by atoms with Crippen molar-refractivity contribution in [1.29, 1.82) is 0 Å². The number of hydrogen-bond donors (Lipinski definition) is 1. The van der Waals surface area contributed by atoms with Gasteiger partial charge in [0.25, 0.3) is 0 Å². The van der Waals surface area contributed by atoms with E-state index in [0.29, 0.717) is 0 Å². The lowest BCUT2D eigenvalue weighted by Crippen LogP contribution is -2.41. The Hall–Kier alpha value is -0.710. The minimum absolute atomic E-state index is 0. The second-order valence-electron chi connectivity index (χ2n) is 3.69. The number of benzene rings is 1. The van der Waals surface area contributed by atoms with Crippen LogP contribution in [0.15, 0.2) is 35.3 Å². The van der Waals surface area contributed by atoms with E-state index in [4.69, 9.17) is 0 Å². The first-order valence-corrected chi connectivity index (χ1v) is 6.54. The van der Waals surface area contributed by atoms with Gasteiger partial charge < -0.3 is 5.32 Å². The highest BCUT2D eigenvalue weighted by Gasteiger charge is 2.11. The van der Waals surface area contributed by atoms with Gasteiger partial charge in [0.1, 0.15) is 0 Å². The van der Waals surface area contributed by atoms with Gasteiger partial charge in [-0.05, 0) is 11.3 Å². The summed E-state index contributed by atoms with van der Waals surface area (Å²) in [6.07, 6.45) is 0. The van der Waals surface area contributed by atoms with Crippen molar-refractivity contribution in [2.75, 3.05) is 19.1 Å². The van der Waals surface area contributed by atoms with Crippen LogP contribution in [0.25, 0.3) is 0 Å². The van der Waals surface area contributed by atoms with Gasteiger partial charge in [0.15, 0.2) is 5.17 Å². The third-order valence-corrected chi connectivity index (χ3v) is 3.23. The lowest BCUT2D eigenvalue weighted by molar-refractivity contribution is 0.258. The van der Waals surface area contributed by atoms with Crippen LogP contribution in [-0.4, -0.2) is 29.2 Å². The lowest BCUT2D eigenvalue weighted by Gasteiger charge is -2.26. The van der Waals surface area contributed by atoms with Crippen LogP contribution in [0.4, 0.5) is 0 Å². The first-order valence-electron chi connectivity index (χ1n) is 5.56. The maximum absolute atomic E-state index is 4.49. The van der Waals surface area contributed by atoms with Gasteiger partial charge in [-0.1, -0.05) is 49.0 Å². The van der Waals surface area contributed by atoms with Crippen molar-refractivity contribution in [1.82, 2.24) is 10.2 Å². The number of halogens is 1. The molecule has 1 aliphatic rings. The largest absolute Gasteiger partial charge is 0.352 e. The molecule has 1 heterocycles. The van der Waals surface area contributed by atoms with Crippen LogP contribution >= 0.6 is 24.2 Å². The van der Waals surface area contributed by atoms with Gasteiger partial charge in [-0.25, -0.2) is 4.99 Å². The van der Waals surface area contributed by atoms with Crippen LogP contribution in [0.2, 0.25) is 0 Å². The molecule has 0 atom stereocenters. The van der Waals surface area contributed by atoms with E-state index >= 15 is 0 Å². The quantitative estimate of drug-likeness (QED) is 0.916. The standard InChI is InChI=1S/C12H17N3S.ClH/c1-2-16-12-13-9-15(10-14-12)8-11-6-4-3-5-7-11;/h3-7H,2,8-10H2,1H3,(H,13,14);1H. The molecule has 94 valence electrons. The average Bonchev–Trinajstić information content (AvgIpc) is 2.33. The van der Waals surface area contributed by atoms with Crippen LogP contribution in [0.1, 0.15) is 12.5 Å². The van der Waals surface area contributed by atoms with Gasteiger partial charge in [0, 0.05) is 6.54 Å². The third-order valence-electron chi connectivity index (χ3n) is 2.40. The zero-order chi connectivity index (χ0) is 11.2. The summed E-state index contributed by atoms with van der Waals surface area (Å²) in [4.78, 5) is 6.78. The summed E-state index contributed by atoms with van der Waals surface area (Å²) in [6.45, 7) is 4.79. The molecule has 0 spiro atoms. The van der Waals surface area contributed by atoms with Crippen LogP contribution in [0, 0.1) is 0 Å². The number of nitrogens with zero attached hydrogens (tertiary/aromatic N) is 2. The Balaban J connectivity index is 0.00000144. The van der Waals surface area contributed by atoms with E-state index in [1.807, 2.05) is 6.07 Å². The molecule has 17 heavy (non-hydrogen) atoms. The van der Waals surface area contributed by atoms with Crippen molar-refractivity contribution in [3.8, 4) is 0 Å². The van der Waals surface area contributed by atoms with Gasteiger partial charge in [-0.15, -0.1) is 12.4 Å². The average molecular weight is 272 g/mol. The Kier molecular flexibility index (Phi) is 6.40. The minimum atomic E-state index is 0. The Bertz CT molecular complexity index is 356. The fourth-order valence-corrected chi connectivity index (χ4v) is 2.22. The molecule has 3 nitrogen and oxygen atoms in total. The fraction of sp³-hybridized carbons (Fsp3) is 0.417. The second-order valence-corrected chi connectivity index (χ2v) is 4.94. The van der Waals surface area contributed by atoms with Crippen molar-refractivity contribution in [2.45, 2.75) is 13.5 Å². The number of aliphatic imine (C=N–C) groups is 1. The van der Waals surface area contributed by atoms with E-state index in [9.17, 15) is 0 Å². The summed E-state index contributed by atoms with van der Waals surface area (Å²) >= 11 is 1.77. The molecule has 0 saturated heterocycles. The molecule has 5 heteroatoms. The summed E-state index contributed by atoms with van der Waals surface area (Å²) in [6, 6.07) is 10.5. The zero-order valence-corrected chi connectivity index (χ0v) is 11.6. The van der Waals surface area contributed by atoms with Crippen molar-refractivity contribution in [3.05, 3.63) is 35.9 Å². The molecular weight excluding hydrogens is 254 g/mol. The molecule has 0 aliphatic carbocycles. The Morgan fingerprint density at radius 3 is 2.71 bits per heavy atom. The first kappa shape index (κ1) is 14.4. The van der Waals surface area contributed by atoms with E-state index < -0.39 is 0 Å². The molecule has 0 saturated carbocycles. The molecular formula is C12H18ClN3S. The molecule has 1 aromatic carbocycles. The Labute approximate surface area is 113 Å². The van der Waals surface area contributed by atoms with Crippen LogP contribution in [0.5, 0.6) is 0 Å². The number of amidine groups is 1. The molecule has 0 unspecified atom stereocenters. The van der Waals surface area contributed by atoms with Gasteiger partial charge in [0.2, 0.25) is 0 Å². The monoisotopic (exact) mass is 271 g/mol. The number of hydrogen-bond acceptors (Lipinski definition) is 4. The molecule has 0 fully saturated rings. The van der Waals surface area contributed by atoms with Gasteiger partial charge in [-0.3, -0.25) is 4.90 Å². The second kappa shape index (κ2) is 7.58. The summed E-state index contributed by atoms with van der Waals surface area (Å²) in [7, 11) is 0. The zero-order valence-electron chi connectivity index (χ0n) is 9.93. The summed E-state index contributed by atoms with van der Waals surface area (Å²) in [5.74, 6) is 1.07. The summed E-state index contributed by atoms with van der Waals surface area (Å²) < 4.78 is 0. The van der Waals surface area contributed by atoms with E-state index in [-0.39, 0.29) is 12.4 Å². The van der Waals surface area contributed by atoms with Crippen LogP contribution < -0.4 is 5.32 Å². The van der Waals surface area contributed by atoms with Gasteiger partial charge >= 0.3 is 0 Å². The molecule has 1 aromatic rings. The highest BCUT2D eigenvalue weighted by atomic mass is 35.5. The van der Waals surface area contributed by atoms with Gasteiger partial charge in [-0.2, -0.15) is 0 Å². The molecule has 1 N–H and O–H groups in total. The summed E-state index contributed by atoms with van der Waals surface area (Å²) in [5.41, 5.74) is 1.34. The van der Waals surface area contributed by atoms with Crippen molar-refractivity contribution < 1.29 is 0 Å². The maximum Gasteiger partial charge on any atom is 0.158 e. The molecule has 2 rings (SSSR count). The van der Waals surface area contributed by atoms with Crippen LogP contribution in [0.3, 0.4) is 0 Å². The third kappa shape index (κ3) is 4.58.